The number of non-ortho nitro benzene ring substituents is 1. The fraction of sp³-hybridized carbons (Fsp3) is 0.538. The van der Waals surface area contributed by atoms with Gasteiger partial charge in [0.05, 0.1) is 4.92 Å². The van der Waals surface area contributed by atoms with Crippen LogP contribution in [0.4, 0.5) is 5.69 Å². The third kappa shape index (κ3) is 5.45. The Balaban J connectivity index is 2.21. The van der Waals surface area contributed by atoms with E-state index in [1.54, 1.807) is 12.1 Å². The van der Waals surface area contributed by atoms with Gasteiger partial charge in [-0.3, -0.25) is 10.1 Å². The molecule has 0 atom stereocenters. The molecule has 0 aliphatic heterocycles. The number of hydrogen-bond donors (Lipinski definition) is 1. The van der Waals surface area contributed by atoms with Crippen LogP contribution < -0.4 is 5.32 Å². The quantitative estimate of drug-likeness (QED) is 0.429. The van der Waals surface area contributed by atoms with E-state index in [2.05, 4.69) is 12.2 Å². The number of rotatable bonds is 8. The summed E-state index contributed by atoms with van der Waals surface area (Å²) < 4.78 is 0. The SMILES string of the molecule is CCCCNCCCc1ccc([N+](=O)[O-])cc1. The van der Waals surface area contributed by atoms with Crippen LogP contribution in [0.3, 0.4) is 0 Å². The molecule has 1 aromatic rings. The Kier molecular flexibility index (Phi) is 6.25. The predicted molar refractivity (Wildman–Crippen MR) is 69.2 cm³/mol. The first kappa shape index (κ1) is 13.6. The van der Waals surface area contributed by atoms with E-state index in [0.29, 0.717) is 0 Å². The highest BCUT2D eigenvalue weighted by Crippen LogP contribution is 2.12. The minimum Gasteiger partial charge on any atom is -0.317 e. The lowest BCUT2D eigenvalue weighted by molar-refractivity contribution is -0.384. The molecule has 1 rings (SSSR count). The lowest BCUT2D eigenvalue weighted by Crippen LogP contribution is -2.16. The zero-order valence-corrected chi connectivity index (χ0v) is 10.3. The molecule has 1 aromatic carbocycles. The number of aryl methyl sites for hydroxylation is 1. The summed E-state index contributed by atoms with van der Waals surface area (Å²) in [5.74, 6) is 0. The van der Waals surface area contributed by atoms with Crippen molar-refractivity contribution in [2.45, 2.75) is 32.6 Å². The molecule has 1 N–H and O–H groups in total. The summed E-state index contributed by atoms with van der Waals surface area (Å²) in [7, 11) is 0. The normalized spacial score (nSPS) is 10.4. The van der Waals surface area contributed by atoms with Gasteiger partial charge >= 0.3 is 0 Å². The summed E-state index contributed by atoms with van der Waals surface area (Å²) in [5, 5.41) is 13.8. The Morgan fingerprint density at radius 3 is 2.41 bits per heavy atom. The second-order valence-corrected chi connectivity index (χ2v) is 4.13. The van der Waals surface area contributed by atoms with E-state index in [1.807, 2.05) is 12.1 Å². The fourth-order valence-corrected chi connectivity index (χ4v) is 1.63. The van der Waals surface area contributed by atoms with Crippen molar-refractivity contribution in [2.75, 3.05) is 13.1 Å². The first-order valence-corrected chi connectivity index (χ1v) is 6.18. The topological polar surface area (TPSA) is 55.2 Å². The average Bonchev–Trinajstić information content (AvgIpc) is 2.34. The second-order valence-electron chi connectivity index (χ2n) is 4.13. The highest BCUT2D eigenvalue weighted by molar-refractivity contribution is 5.32. The molecule has 0 aliphatic rings. The summed E-state index contributed by atoms with van der Waals surface area (Å²) in [4.78, 5) is 10.1. The molecule has 0 saturated heterocycles. The van der Waals surface area contributed by atoms with Crippen LogP contribution in [0.15, 0.2) is 24.3 Å². The molecule has 17 heavy (non-hydrogen) atoms. The molecular weight excluding hydrogens is 216 g/mol. The molecule has 0 aromatic heterocycles. The lowest BCUT2D eigenvalue weighted by Gasteiger charge is -2.03. The van der Waals surface area contributed by atoms with Gasteiger partial charge in [0, 0.05) is 12.1 Å². The fourth-order valence-electron chi connectivity index (χ4n) is 1.63. The molecule has 0 aliphatic carbocycles. The molecule has 0 unspecified atom stereocenters. The Labute approximate surface area is 102 Å². The summed E-state index contributed by atoms with van der Waals surface area (Å²) in [6.45, 7) is 4.27. The molecule has 4 heteroatoms. The van der Waals surface area contributed by atoms with E-state index in [1.165, 1.54) is 12.8 Å². The highest BCUT2D eigenvalue weighted by Gasteiger charge is 2.03. The van der Waals surface area contributed by atoms with Crippen LogP contribution in [0.5, 0.6) is 0 Å². The standard InChI is InChI=1S/C13H20N2O2/c1-2-3-10-14-11-4-5-12-6-8-13(9-7-12)15(16)17/h6-9,14H,2-5,10-11H2,1H3. The predicted octanol–water partition coefficient (Wildman–Crippen LogP) is 2.92. The first-order chi connectivity index (χ1) is 8.24. The Bertz CT molecular complexity index is 336. The third-order valence-corrected chi connectivity index (χ3v) is 2.67. The maximum absolute atomic E-state index is 10.5. The molecule has 0 heterocycles. The number of nitro groups is 1. The Morgan fingerprint density at radius 1 is 1.18 bits per heavy atom. The van der Waals surface area contributed by atoms with E-state index in [-0.39, 0.29) is 10.6 Å². The van der Waals surface area contributed by atoms with Gasteiger partial charge in [0.15, 0.2) is 0 Å². The second kappa shape index (κ2) is 7.79. The van der Waals surface area contributed by atoms with Gasteiger partial charge in [-0.1, -0.05) is 25.5 Å². The van der Waals surface area contributed by atoms with Crippen molar-refractivity contribution in [1.29, 1.82) is 0 Å². The van der Waals surface area contributed by atoms with E-state index in [0.717, 1.165) is 31.5 Å². The Hall–Kier alpha value is -1.42. The van der Waals surface area contributed by atoms with Gasteiger partial charge in [0.1, 0.15) is 0 Å². The minimum absolute atomic E-state index is 0.162. The average molecular weight is 236 g/mol. The first-order valence-electron chi connectivity index (χ1n) is 6.18. The summed E-state index contributed by atoms with van der Waals surface area (Å²) in [6, 6.07) is 6.81. The molecule has 94 valence electrons. The molecule has 0 fully saturated rings. The van der Waals surface area contributed by atoms with Crippen LogP contribution in [-0.2, 0) is 6.42 Å². The van der Waals surface area contributed by atoms with Crippen LogP contribution in [0.2, 0.25) is 0 Å². The van der Waals surface area contributed by atoms with Gasteiger partial charge < -0.3 is 5.32 Å². The van der Waals surface area contributed by atoms with Crippen LogP contribution >= 0.6 is 0 Å². The number of benzene rings is 1. The van der Waals surface area contributed by atoms with Crippen molar-refractivity contribution in [3.05, 3.63) is 39.9 Å². The highest BCUT2D eigenvalue weighted by atomic mass is 16.6. The molecule has 0 amide bonds. The lowest BCUT2D eigenvalue weighted by atomic mass is 10.1. The molecule has 4 nitrogen and oxygen atoms in total. The van der Waals surface area contributed by atoms with Crippen molar-refractivity contribution in [2.24, 2.45) is 0 Å². The largest absolute Gasteiger partial charge is 0.317 e. The maximum Gasteiger partial charge on any atom is 0.269 e. The van der Waals surface area contributed by atoms with Gasteiger partial charge in [-0.15, -0.1) is 0 Å². The number of nitro benzene ring substituents is 1. The van der Waals surface area contributed by atoms with Crippen LogP contribution in [0.1, 0.15) is 31.7 Å². The van der Waals surface area contributed by atoms with Crippen molar-refractivity contribution >= 4 is 5.69 Å². The van der Waals surface area contributed by atoms with Crippen LogP contribution in [-0.4, -0.2) is 18.0 Å². The maximum atomic E-state index is 10.5. The molecular formula is C13H20N2O2. The number of nitrogens with zero attached hydrogens (tertiary/aromatic N) is 1. The van der Waals surface area contributed by atoms with Crippen molar-refractivity contribution in [3.8, 4) is 0 Å². The van der Waals surface area contributed by atoms with E-state index in [4.69, 9.17) is 0 Å². The smallest absolute Gasteiger partial charge is 0.269 e. The summed E-state index contributed by atoms with van der Waals surface area (Å²) in [6.07, 6.45) is 4.48. The third-order valence-electron chi connectivity index (χ3n) is 2.67. The van der Waals surface area contributed by atoms with Gasteiger partial charge in [-0.2, -0.15) is 0 Å². The summed E-state index contributed by atoms with van der Waals surface area (Å²) in [5.41, 5.74) is 1.32. The van der Waals surface area contributed by atoms with Crippen molar-refractivity contribution in [3.63, 3.8) is 0 Å². The van der Waals surface area contributed by atoms with Crippen LogP contribution in [0.25, 0.3) is 0 Å². The van der Waals surface area contributed by atoms with Gasteiger partial charge in [0.2, 0.25) is 0 Å². The van der Waals surface area contributed by atoms with Gasteiger partial charge in [-0.25, -0.2) is 0 Å². The summed E-state index contributed by atoms with van der Waals surface area (Å²) >= 11 is 0. The number of hydrogen-bond acceptors (Lipinski definition) is 3. The molecule has 0 radical (unpaired) electrons. The monoisotopic (exact) mass is 236 g/mol. The van der Waals surface area contributed by atoms with E-state index >= 15 is 0 Å². The molecule has 0 bridgehead atoms. The molecule has 0 saturated carbocycles. The van der Waals surface area contributed by atoms with E-state index in [9.17, 15) is 10.1 Å². The number of nitrogens with one attached hydrogen (secondary N) is 1. The zero-order valence-electron chi connectivity index (χ0n) is 10.3. The zero-order chi connectivity index (χ0) is 12.5. The minimum atomic E-state index is -0.365. The van der Waals surface area contributed by atoms with Gasteiger partial charge in [-0.05, 0) is 37.9 Å². The van der Waals surface area contributed by atoms with Crippen LogP contribution in [0, 0.1) is 10.1 Å². The van der Waals surface area contributed by atoms with Crippen molar-refractivity contribution in [1.82, 2.24) is 5.32 Å². The van der Waals surface area contributed by atoms with Gasteiger partial charge in [0.25, 0.3) is 5.69 Å². The Morgan fingerprint density at radius 2 is 1.82 bits per heavy atom. The van der Waals surface area contributed by atoms with Crippen molar-refractivity contribution < 1.29 is 4.92 Å². The number of unbranched alkanes of at least 4 members (excludes halogenated alkanes) is 1. The molecule has 0 spiro atoms. The van der Waals surface area contributed by atoms with E-state index < -0.39 is 0 Å².